The van der Waals surface area contributed by atoms with Gasteiger partial charge >= 0.3 is 0 Å². The molecule has 4 nitrogen and oxygen atoms in total. The number of phenols is 1. The average molecular weight is 261 g/mol. The number of hydrogen-bond donors (Lipinski definition) is 2. The summed E-state index contributed by atoms with van der Waals surface area (Å²) in [5, 5.41) is 12.2. The molecule has 2 aromatic rings. The molecule has 0 atom stereocenters. The predicted octanol–water partition coefficient (Wildman–Crippen LogP) is 3.15. The molecule has 0 aliphatic carbocycles. The van der Waals surface area contributed by atoms with E-state index in [0.29, 0.717) is 17.2 Å². The standard InChI is InChI=1S/C14H16FN3O/c1-8(2)11-7-13(16-3)18-14(17-11)9-4-5-12(19)10(15)6-9/h4-8,19H,1-3H3,(H,16,17,18). The van der Waals surface area contributed by atoms with Crippen molar-refractivity contribution in [3.05, 3.63) is 35.8 Å². The van der Waals surface area contributed by atoms with Gasteiger partial charge in [0.05, 0.1) is 0 Å². The molecule has 2 rings (SSSR count). The average Bonchev–Trinajstić information content (AvgIpc) is 2.41. The van der Waals surface area contributed by atoms with Crippen LogP contribution in [0.3, 0.4) is 0 Å². The largest absolute Gasteiger partial charge is 0.505 e. The molecule has 0 unspecified atom stereocenters. The Bertz CT molecular complexity index is 599. The maximum absolute atomic E-state index is 13.4. The molecule has 0 aliphatic heterocycles. The number of anilines is 1. The number of halogens is 1. The molecule has 0 bridgehead atoms. The second-order valence-corrected chi connectivity index (χ2v) is 4.57. The summed E-state index contributed by atoms with van der Waals surface area (Å²) in [6, 6.07) is 5.99. The molecule has 5 heteroatoms. The van der Waals surface area contributed by atoms with Gasteiger partial charge in [-0.25, -0.2) is 14.4 Å². The Hall–Kier alpha value is -2.17. The molecule has 0 spiro atoms. The number of rotatable bonds is 3. The minimum absolute atomic E-state index is 0.246. The van der Waals surface area contributed by atoms with Crippen LogP contribution in [0.5, 0.6) is 5.75 Å². The van der Waals surface area contributed by atoms with E-state index >= 15 is 0 Å². The first kappa shape index (κ1) is 13.3. The van der Waals surface area contributed by atoms with Gasteiger partial charge in [0.2, 0.25) is 0 Å². The second-order valence-electron chi connectivity index (χ2n) is 4.57. The van der Waals surface area contributed by atoms with Crippen molar-refractivity contribution in [1.29, 1.82) is 0 Å². The smallest absolute Gasteiger partial charge is 0.165 e. The van der Waals surface area contributed by atoms with Crippen LogP contribution in [0.2, 0.25) is 0 Å². The SMILES string of the molecule is CNc1cc(C(C)C)nc(-c2ccc(O)c(F)c2)n1. The first-order valence-corrected chi connectivity index (χ1v) is 6.07. The van der Waals surface area contributed by atoms with Crippen molar-refractivity contribution in [2.75, 3.05) is 12.4 Å². The van der Waals surface area contributed by atoms with Crippen LogP contribution in [0.4, 0.5) is 10.2 Å². The van der Waals surface area contributed by atoms with Gasteiger partial charge in [-0.05, 0) is 24.1 Å². The summed E-state index contributed by atoms with van der Waals surface area (Å²) in [4.78, 5) is 8.73. The fraction of sp³-hybridized carbons (Fsp3) is 0.286. The van der Waals surface area contributed by atoms with E-state index < -0.39 is 5.82 Å². The van der Waals surface area contributed by atoms with Crippen LogP contribution in [0.25, 0.3) is 11.4 Å². The molecule has 0 amide bonds. The van der Waals surface area contributed by atoms with Crippen molar-refractivity contribution in [1.82, 2.24) is 9.97 Å². The van der Waals surface area contributed by atoms with Crippen LogP contribution in [0, 0.1) is 5.82 Å². The van der Waals surface area contributed by atoms with Crippen molar-refractivity contribution >= 4 is 5.82 Å². The van der Waals surface area contributed by atoms with E-state index in [9.17, 15) is 9.50 Å². The topological polar surface area (TPSA) is 58.0 Å². The lowest BCUT2D eigenvalue weighted by Gasteiger charge is -2.10. The molecule has 1 heterocycles. The summed E-state index contributed by atoms with van der Waals surface area (Å²) in [6.07, 6.45) is 0. The summed E-state index contributed by atoms with van der Waals surface area (Å²) >= 11 is 0. The highest BCUT2D eigenvalue weighted by Crippen LogP contribution is 2.25. The number of nitrogens with one attached hydrogen (secondary N) is 1. The van der Waals surface area contributed by atoms with E-state index in [1.54, 1.807) is 13.1 Å². The van der Waals surface area contributed by atoms with Crippen LogP contribution < -0.4 is 5.32 Å². The molecule has 19 heavy (non-hydrogen) atoms. The first-order chi connectivity index (χ1) is 9.01. The molecule has 1 aromatic heterocycles. The van der Waals surface area contributed by atoms with Crippen molar-refractivity contribution in [2.45, 2.75) is 19.8 Å². The molecule has 2 N–H and O–H groups in total. The Labute approximate surface area is 111 Å². The van der Waals surface area contributed by atoms with Gasteiger partial charge in [0.15, 0.2) is 17.4 Å². The molecule has 0 aliphatic rings. The van der Waals surface area contributed by atoms with Gasteiger partial charge in [0, 0.05) is 24.4 Å². The van der Waals surface area contributed by atoms with E-state index in [1.807, 2.05) is 19.9 Å². The lowest BCUT2D eigenvalue weighted by Crippen LogP contribution is -2.02. The molecule has 0 radical (unpaired) electrons. The summed E-state index contributed by atoms with van der Waals surface area (Å²) < 4.78 is 13.4. The summed E-state index contributed by atoms with van der Waals surface area (Å²) in [7, 11) is 1.77. The number of aromatic nitrogens is 2. The van der Waals surface area contributed by atoms with Crippen molar-refractivity contribution in [3.63, 3.8) is 0 Å². The predicted molar refractivity (Wildman–Crippen MR) is 72.7 cm³/mol. The van der Waals surface area contributed by atoms with Crippen molar-refractivity contribution in [3.8, 4) is 17.1 Å². The van der Waals surface area contributed by atoms with Crippen molar-refractivity contribution < 1.29 is 9.50 Å². The molecule has 100 valence electrons. The zero-order valence-electron chi connectivity index (χ0n) is 11.1. The lowest BCUT2D eigenvalue weighted by atomic mass is 10.1. The Morgan fingerprint density at radius 1 is 1.21 bits per heavy atom. The minimum Gasteiger partial charge on any atom is -0.505 e. The fourth-order valence-corrected chi connectivity index (χ4v) is 1.66. The Kier molecular flexibility index (Phi) is 3.64. The van der Waals surface area contributed by atoms with Gasteiger partial charge in [-0.2, -0.15) is 0 Å². The molecular formula is C14H16FN3O. The second kappa shape index (κ2) is 5.22. The van der Waals surface area contributed by atoms with Gasteiger partial charge in [-0.3, -0.25) is 0 Å². The van der Waals surface area contributed by atoms with Gasteiger partial charge in [-0.1, -0.05) is 13.8 Å². The van der Waals surface area contributed by atoms with Gasteiger partial charge in [-0.15, -0.1) is 0 Å². The first-order valence-electron chi connectivity index (χ1n) is 6.07. The number of aromatic hydroxyl groups is 1. The zero-order valence-corrected chi connectivity index (χ0v) is 11.1. The normalized spacial score (nSPS) is 10.8. The van der Waals surface area contributed by atoms with E-state index in [0.717, 1.165) is 5.69 Å². The van der Waals surface area contributed by atoms with E-state index in [2.05, 4.69) is 15.3 Å². The van der Waals surface area contributed by atoms with Crippen LogP contribution in [-0.4, -0.2) is 22.1 Å². The summed E-state index contributed by atoms with van der Waals surface area (Å²) in [6.45, 7) is 4.06. The minimum atomic E-state index is -0.679. The molecule has 1 aromatic carbocycles. The molecular weight excluding hydrogens is 245 g/mol. The number of benzene rings is 1. The maximum Gasteiger partial charge on any atom is 0.165 e. The monoisotopic (exact) mass is 261 g/mol. The number of phenolic OH excluding ortho intramolecular Hbond substituents is 1. The van der Waals surface area contributed by atoms with Crippen molar-refractivity contribution in [2.24, 2.45) is 0 Å². The highest BCUT2D eigenvalue weighted by atomic mass is 19.1. The van der Waals surface area contributed by atoms with Crippen LogP contribution in [-0.2, 0) is 0 Å². The zero-order chi connectivity index (χ0) is 14.0. The lowest BCUT2D eigenvalue weighted by molar-refractivity contribution is 0.432. The third-order valence-corrected chi connectivity index (χ3v) is 2.80. The summed E-state index contributed by atoms with van der Waals surface area (Å²) in [5.41, 5.74) is 1.41. The van der Waals surface area contributed by atoms with Crippen LogP contribution in [0.15, 0.2) is 24.3 Å². The number of nitrogens with zero attached hydrogens (tertiary/aromatic N) is 2. The van der Waals surface area contributed by atoms with Gasteiger partial charge in [0.25, 0.3) is 0 Å². The molecule has 0 saturated carbocycles. The van der Waals surface area contributed by atoms with E-state index in [1.165, 1.54) is 12.1 Å². The van der Waals surface area contributed by atoms with E-state index in [-0.39, 0.29) is 11.7 Å². The maximum atomic E-state index is 13.4. The Morgan fingerprint density at radius 2 is 1.95 bits per heavy atom. The Balaban J connectivity index is 2.54. The third-order valence-electron chi connectivity index (χ3n) is 2.80. The molecule has 0 saturated heterocycles. The fourth-order valence-electron chi connectivity index (χ4n) is 1.66. The summed E-state index contributed by atoms with van der Waals surface area (Å²) in [5.74, 6) is 0.312. The van der Waals surface area contributed by atoms with Crippen LogP contribution >= 0.6 is 0 Å². The quantitative estimate of drug-likeness (QED) is 0.891. The third kappa shape index (κ3) is 2.81. The Morgan fingerprint density at radius 3 is 2.53 bits per heavy atom. The highest BCUT2D eigenvalue weighted by molar-refractivity contribution is 5.59. The highest BCUT2D eigenvalue weighted by Gasteiger charge is 2.11. The van der Waals surface area contributed by atoms with Gasteiger partial charge in [0.1, 0.15) is 5.82 Å². The number of hydrogen-bond acceptors (Lipinski definition) is 4. The molecule has 0 fully saturated rings. The van der Waals surface area contributed by atoms with Crippen LogP contribution in [0.1, 0.15) is 25.5 Å². The van der Waals surface area contributed by atoms with Gasteiger partial charge < -0.3 is 10.4 Å². The van der Waals surface area contributed by atoms with E-state index in [4.69, 9.17) is 0 Å².